The van der Waals surface area contributed by atoms with Crippen LogP contribution in [0.25, 0.3) is 5.69 Å². The van der Waals surface area contributed by atoms with Crippen LogP contribution in [-0.2, 0) is 24.2 Å². The Morgan fingerprint density at radius 3 is 2.75 bits per heavy atom. The maximum absolute atomic E-state index is 12.8. The van der Waals surface area contributed by atoms with E-state index in [1.807, 2.05) is 44.4 Å². The second kappa shape index (κ2) is 9.40. The van der Waals surface area contributed by atoms with E-state index in [4.69, 9.17) is 9.47 Å². The second-order valence-corrected chi connectivity index (χ2v) is 8.09. The van der Waals surface area contributed by atoms with Crippen molar-refractivity contribution in [1.82, 2.24) is 19.0 Å². The molecule has 0 N–H and O–H groups in total. The minimum atomic E-state index is -0.483. The third-order valence-corrected chi connectivity index (χ3v) is 5.58. The lowest BCUT2D eigenvalue weighted by molar-refractivity contribution is 0.0591. The average molecular weight is 437 g/mol. The SMILES string of the molecule is COC(=O)c1c(OC(C)C)cc(=O)n2c1CCN(Cc1cccn1-c1cccnc1)CC2. The molecule has 3 aromatic rings. The van der Waals surface area contributed by atoms with Crippen LogP contribution in [0, 0.1) is 0 Å². The van der Waals surface area contributed by atoms with Gasteiger partial charge in [0.1, 0.15) is 11.3 Å². The third kappa shape index (κ3) is 4.45. The maximum Gasteiger partial charge on any atom is 0.343 e. The topological polar surface area (TPSA) is 78.6 Å². The van der Waals surface area contributed by atoms with Gasteiger partial charge in [-0.25, -0.2) is 4.79 Å². The molecule has 0 radical (unpaired) electrons. The van der Waals surface area contributed by atoms with Gasteiger partial charge >= 0.3 is 5.97 Å². The molecule has 4 heterocycles. The highest BCUT2D eigenvalue weighted by molar-refractivity contribution is 5.93. The summed E-state index contributed by atoms with van der Waals surface area (Å²) in [5, 5.41) is 0. The van der Waals surface area contributed by atoms with Crippen molar-refractivity contribution in [2.75, 3.05) is 20.2 Å². The summed E-state index contributed by atoms with van der Waals surface area (Å²) in [6, 6.07) is 9.45. The van der Waals surface area contributed by atoms with E-state index >= 15 is 0 Å². The van der Waals surface area contributed by atoms with Crippen LogP contribution in [0.2, 0.25) is 0 Å². The molecule has 0 fully saturated rings. The van der Waals surface area contributed by atoms with E-state index in [-0.39, 0.29) is 11.7 Å². The molecule has 0 bridgehead atoms. The number of hydrogen-bond donors (Lipinski definition) is 0. The van der Waals surface area contributed by atoms with Gasteiger partial charge in [-0.05, 0) is 38.1 Å². The molecule has 8 heteroatoms. The monoisotopic (exact) mass is 436 g/mol. The number of methoxy groups -OCH3 is 1. The summed E-state index contributed by atoms with van der Waals surface area (Å²) in [6.07, 6.45) is 5.99. The highest BCUT2D eigenvalue weighted by Gasteiger charge is 2.26. The number of nitrogens with zero attached hydrogens (tertiary/aromatic N) is 4. The van der Waals surface area contributed by atoms with Gasteiger partial charge in [0.15, 0.2) is 0 Å². The summed E-state index contributed by atoms with van der Waals surface area (Å²) in [7, 11) is 1.35. The number of rotatable bonds is 6. The summed E-state index contributed by atoms with van der Waals surface area (Å²) in [5.41, 5.74) is 2.99. The minimum absolute atomic E-state index is 0.163. The Bertz CT molecular complexity index is 1150. The molecule has 0 aromatic carbocycles. The maximum atomic E-state index is 12.8. The first-order chi connectivity index (χ1) is 15.5. The molecule has 0 unspecified atom stereocenters. The second-order valence-electron chi connectivity index (χ2n) is 8.09. The molecule has 3 aromatic heterocycles. The smallest absolute Gasteiger partial charge is 0.343 e. The summed E-state index contributed by atoms with van der Waals surface area (Å²) in [4.78, 5) is 32.0. The number of esters is 1. The molecular formula is C24H28N4O4. The van der Waals surface area contributed by atoms with E-state index in [1.165, 1.54) is 13.2 Å². The molecule has 1 aliphatic heterocycles. The van der Waals surface area contributed by atoms with Crippen LogP contribution in [0.4, 0.5) is 0 Å². The van der Waals surface area contributed by atoms with E-state index in [0.29, 0.717) is 49.6 Å². The highest BCUT2D eigenvalue weighted by Crippen LogP contribution is 2.25. The van der Waals surface area contributed by atoms with E-state index in [9.17, 15) is 9.59 Å². The molecule has 1 aliphatic rings. The van der Waals surface area contributed by atoms with Crippen LogP contribution in [0.3, 0.4) is 0 Å². The van der Waals surface area contributed by atoms with Crippen LogP contribution in [0.1, 0.15) is 35.6 Å². The van der Waals surface area contributed by atoms with Crippen molar-refractivity contribution in [3.8, 4) is 11.4 Å². The zero-order valence-electron chi connectivity index (χ0n) is 18.7. The molecule has 0 spiro atoms. The predicted octanol–water partition coefficient (Wildman–Crippen LogP) is 2.67. The first kappa shape index (κ1) is 21.8. The normalized spacial score (nSPS) is 14.1. The van der Waals surface area contributed by atoms with Crippen LogP contribution in [0.5, 0.6) is 5.75 Å². The lowest BCUT2D eigenvalue weighted by Gasteiger charge is -2.20. The number of pyridine rings is 2. The fraction of sp³-hybridized carbons (Fsp3) is 0.375. The van der Waals surface area contributed by atoms with Crippen LogP contribution >= 0.6 is 0 Å². The third-order valence-electron chi connectivity index (χ3n) is 5.58. The zero-order valence-corrected chi connectivity index (χ0v) is 18.7. The lowest BCUT2D eigenvalue weighted by Crippen LogP contribution is -2.29. The number of carbonyl (C=O) groups excluding carboxylic acids is 1. The van der Waals surface area contributed by atoms with Gasteiger partial charge in [0.25, 0.3) is 5.56 Å². The van der Waals surface area contributed by atoms with Crippen molar-refractivity contribution in [3.63, 3.8) is 0 Å². The van der Waals surface area contributed by atoms with Crippen molar-refractivity contribution in [2.45, 2.75) is 39.5 Å². The average Bonchev–Trinajstić information content (AvgIpc) is 3.13. The van der Waals surface area contributed by atoms with Crippen molar-refractivity contribution < 1.29 is 14.3 Å². The minimum Gasteiger partial charge on any atom is -0.490 e. The molecule has 0 aliphatic carbocycles. The number of aromatic nitrogens is 3. The Morgan fingerprint density at radius 2 is 2.03 bits per heavy atom. The van der Waals surface area contributed by atoms with Crippen LogP contribution < -0.4 is 10.3 Å². The van der Waals surface area contributed by atoms with E-state index in [2.05, 4.69) is 20.5 Å². The van der Waals surface area contributed by atoms with Crippen LogP contribution in [-0.4, -0.2) is 51.3 Å². The number of ether oxygens (including phenoxy) is 2. The molecular weight excluding hydrogens is 408 g/mol. The van der Waals surface area contributed by atoms with Crippen molar-refractivity contribution in [3.05, 3.63) is 76.2 Å². The summed E-state index contributed by atoms with van der Waals surface area (Å²) in [5.74, 6) is -0.190. The summed E-state index contributed by atoms with van der Waals surface area (Å²) >= 11 is 0. The molecule has 0 saturated heterocycles. The fourth-order valence-electron chi connectivity index (χ4n) is 4.14. The van der Waals surface area contributed by atoms with Gasteiger partial charge in [-0.3, -0.25) is 14.7 Å². The number of fused-ring (bicyclic) bond motifs is 1. The largest absolute Gasteiger partial charge is 0.490 e. The lowest BCUT2D eigenvalue weighted by atomic mass is 10.1. The Hall–Kier alpha value is -3.39. The predicted molar refractivity (Wildman–Crippen MR) is 120 cm³/mol. The molecule has 4 rings (SSSR count). The van der Waals surface area contributed by atoms with Gasteiger partial charge in [0.05, 0.1) is 25.1 Å². The van der Waals surface area contributed by atoms with E-state index in [1.54, 1.807) is 10.8 Å². The van der Waals surface area contributed by atoms with Gasteiger partial charge in [0.2, 0.25) is 0 Å². The van der Waals surface area contributed by atoms with Crippen molar-refractivity contribution >= 4 is 5.97 Å². The molecule has 0 saturated carbocycles. The molecule has 168 valence electrons. The van der Waals surface area contributed by atoms with Crippen molar-refractivity contribution in [2.24, 2.45) is 0 Å². The molecule has 0 atom stereocenters. The van der Waals surface area contributed by atoms with Gasteiger partial charge in [-0.15, -0.1) is 0 Å². The van der Waals surface area contributed by atoms with E-state index < -0.39 is 5.97 Å². The summed E-state index contributed by atoms with van der Waals surface area (Å²) in [6.45, 7) is 6.33. The fourth-order valence-corrected chi connectivity index (χ4v) is 4.14. The Balaban J connectivity index is 1.61. The summed E-state index contributed by atoms with van der Waals surface area (Å²) < 4.78 is 14.6. The number of hydrogen-bond acceptors (Lipinski definition) is 6. The first-order valence-corrected chi connectivity index (χ1v) is 10.8. The zero-order chi connectivity index (χ0) is 22.7. The van der Waals surface area contributed by atoms with Crippen LogP contribution in [0.15, 0.2) is 53.7 Å². The van der Waals surface area contributed by atoms with Gasteiger partial charge in [-0.2, -0.15) is 0 Å². The molecule has 0 amide bonds. The Morgan fingerprint density at radius 1 is 1.19 bits per heavy atom. The van der Waals surface area contributed by atoms with Crippen molar-refractivity contribution in [1.29, 1.82) is 0 Å². The first-order valence-electron chi connectivity index (χ1n) is 10.8. The molecule has 32 heavy (non-hydrogen) atoms. The standard InChI is InChI=1S/C24H28N4O4/c1-17(2)32-21-14-22(29)28-13-12-26(11-8-20(28)23(21)24(30)31-3)16-19-7-5-10-27(19)18-6-4-9-25-15-18/h4-7,9-10,14-15,17H,8,11-13,16H2,1-3H3. The van der Waals surface area contributed by atoms with E-state index in [0.717, 1.165) is 11.4 Å². The van der Waals surface area contributed by atoms with Gasteiger partial charge < -0.3 is 18.6 Å². The highest BCUT2D eigenvalue weighted by atomic mass is 16.5. The number of carbonyl (C=O) groups is 1. The Labute approximate surface area is 187 Å². The van der Waals surface area contributed by atoms with Gasteiger partial charge in [-0.1, -0.05) is 0 Å². The molecule has 8 nitrogen and oxygen atoms in total. The van der Waals surface area contributed by atoms with Gasteiger partial charge in [0, 0.05) is 62.4 Å². The Kier molecular flexibility index (Phi) is 6.41. The quantitative estimate of drug-likeness (QED) is 0.553.